The van der Waals surface area contributed by atoms with Gasteiger partial charge in [-0.1, -0.05) is 38.2 Å². The molecule has 0 aromatic carbocycles. The van der Waals surface area contributed by atoms with Crippen LogP contribution >= 0.6 is 0 Å². The third-order valence-corrected chi connectivity index (χ3v) is 1.48. The molecule has 0 radical (unpaired) electrons. The standard InChI is InChI=1S/C8H12.2CH4/c1-7-4-3-5-8(2)6-7;;/h4,6H,3,5H2,1-2H3;2*1H4. The predicted molar refractivity (Wildman–Crippen MR) is 50.2 cm³/mol. The molecule has 0 heteroatoms. The quantitative estimate of drug-likeness (QED) is 0.478. The van der Waals surface area contributed by atoms with Gasteiger partial charge >= 0.3 is 0 Å². The SMILES string of the molecule is C.C.CC1=CCCC(C)=C1. The first-order valence-electron chi connectivity index (χ1n) is 3.13. The Morgan fingerprint density at radius 3 is 2.10 bits per heavy atom. The van der Waals surface area contributed by atoms with Gasteiger partial charge in [0.25, 0.3) is 0 Å². The van der Waals surface area contributed by atoms with Crippen LogP contribution in [0.2, 0.25) is 0 Å². The summed E-state index contributed by atoms with van der Waals surface area (Å²) in [6.45, 7) is 4.35. The minimum absolute atomic E-state index is 0. The van der Waals surface area contributed by atoms with Crippen molar-refractivity contribution >= 4 is 0 Å². The molecule has 0 N–H and O–H groups in total. The van der Waals surface area contributed by atoms with E-state index in [4.69, 9.17) is 0 Å². The van der Waals surface area contributed by atoms with Gasteiger partial charge in [-0.25, -0.2) is 0 Å². The summed E-state index contributed by atoms with van der Waals surface area (Å²) in [6.07, 6.45) is 7.04. The molecule has 0 spiro atoms. The molecule has 0 aromatic heterocycles. The van der Waals surface area contributed by atoms with Crippen molar-refractivity contribution in [2.75, 3.05) is 0 Å². The van der Waals surface area contributed by atoms with E-state index in [1.807, 2.05) is 0 Å². The summed E-state index contributed by atoms with van der Waals surface area (Å²) in [7, 11) is 0. The van der Waals surface area contributed by atoms with E-state index in [1.54, 1.807) is 0 Å². The molecule has 0 unspecified atom stereocenters. The fourth-order valence-corrected chi connectivity index (χ4v) is 1.05. The smallest absolute Gasteiger partial charge is 0.0285 e. The summed E-state index contributed by atoms with van der Waals surface area (Å²) < 4.78 is 0. The normalized spacial score (nSPS) is 15.8. The lowest BCUT2D eigenvalue weighted by molar-refractivity contribution is 0.945. The van der Waals surface area contributed by atoms with E-state index < -0.39 is 0 Å². The van der Waals surface area contributed by atoms with Gasteiger partial charge < -0.3 is 0 Å². The Hall–Kier alpha value is -0.520. The minimum Gasteiger partial charge on any atom is -0.0813 e. The van der Waals surface area contributed by atoms with E-state index in [1.165, 1.54) is 24.0 Å². The molecule has 0 aromatic rings. The molecule has 1 aliphatic carbocycles. The van der Waals surface area contributed by atoms with E-state index in [9.17, 15) is 0 Å². The summed E-state index contributed by atoms with van der Waals surface area (Å²) in [5, 5.41) is 0. The highest BCUT2D eigenvalue weighted by atomic mass is 14.0. The molecule has 60 valence electrons. The lowest BCUT2D eigenvalue weighted by atomic mass is 10.0. The molecule has 10 heavy (non-hydrogen) atoms. The maximum atomic E-state index is 2.28. The highest BCUT2D eigenvalue weighted by Gasteiger charge is 1.94. The van der Waals surface area contributed by atoms with Gasteiger partial charge in [-0.15, -0.1) is 0 Å². The Labute approximate surface area is 65.7 Å². The van der Waals surface area contributed by atoms with E-state index >= 15 is 0 Å². The summed E-state index contributed by atoms with van der Waals surface area (Å²) >= 11 is 0. The van der Waals surface area contributed by atoms with Crippen LogP contribution in [0.4, 0.5) is 0 Å². The van der Waals surface area contributed by atoms with Crippen molar-refractivity contribution in [2.45, 2.75) is 41.5 Å². The lowest BCUT2D eigenvalue weighted by Gasteiger charge is -2.04. The second-order valence-electron chi connectivity index (χ2n) is 2.48. The van der Waals surface area contributed by atoms with Crippen molar-refractivity contribution in [1.82, 2.24) is 0 Å². The molecule has 0 nitrogen and oxygen atoms in total. The van der Waals surface area contributed by atoms with Gasteiger partial charge in [0.05, 0.1) is 0 Å². The maximum Gasteiger partial charge on any atom is -0.0285 e. The molecule has 0 heterocycles. The average Bonchev–Trinajstić information content (AvgIpc) is 1.64. The van der Waals surface area contributed by atoms with E-state index in [2.05, 4.69) is 26.0 Å². The fraction of sp³-hybridized carbons (Fsp3) is 0.600. The van der Waals surface area contributed by atoms with Gasteiger partial charge in [0.2, 0.25) is 0 Å². The van der Waals surface area contributed by atoms with Crippen molar-refractivity contribution in [2.24, 2.45) is 0 Å². The number of hydrogen-bond donors (Lipinski definition) is 0. The first-order chi connectivity index (χ1) is 3.79. The summed E-state index contributed by atoms with van der Waals surface area (Å²) in [5.41, 5.74) is 2.94. The largest absolute Gasteiger partial charge is 0.0813 e. The van der Waals surface area contributed by atoms with Crippen LogP contribution < -0.4 is 0 Å². The second-order valence-corrected chi connectivity index (χ2v) is 2.48. The predicted octanol–water partition coefficient (Wildman–Crippen LogP) is 3.95. The topological polar surface area (TPSA) is 0 Å². The minimum atomic E-state index is 0. The van der Waals surface area contributed by atoms with Gasteiger partial charge in [0, 0.05) is 0 Å². The monoisotopic (exact) mass is 140 g/mol. The molecule has 0 fully saturated rings. The fourth-order valence-electron chi connectivity index (χ4n) is 1.05. The van der Waals surface area contributed by atoms with Crippen molar-refractivity contribution in [3.05, 3.63) is 23.3 Å². The summed E-state index contributed by atoms with van der Waals surface area (Å²) in [6, 6.07) is 0. The molecular formula is C10H20. The van der Waals surface area contributed by atoms with Gasteiger partial charge in [0.15, 0.2) is 0 Å². The van der Waals surface area contributed by atoms with Crippen LogP contribution in [0.15, 0.2) is 23.3 Å². The Balaban J connectivity index is 0. The molecule has 1 rings (SSSR count). The second kappa shape index (κ2) is 5.28. The highest BCUT2D eigenvalue weighted by molar-refractivity contribution is 5.24. The van der Waals surface area contributed by atoms with Crippen molar-refractivity contribution in [3.63, 3.8) is 0 Å². The van der Waals surface area contributed by atoms with Crippen LogP contribution in [-0.4, -0.2) is 0 Å². The molecule has 1 aliphatic rings. The molecule has 0 atom stereocenters. The van der Waals surface area contributed by atoms with Crippen molar-refractivity contribution in [3.8, 4) is 0 Å². The van der Waals surface area contributed by atoms with E-state index in [-0.39, 0.29) is 14.9 Å². The zero-order valence-corrected chi connectivity index (χ0v) is 5.57. The van der Waals surface area contributed by atoms with Crippen molar-refractivity contribution < 1.29 is 0 Å². The van der Waals surface area contributed by atoms with Crippen LogP contribution in [0.5, 0.6) is 0 Å². The summed E-state index contributed by atoms with van der Waals surface area (Å²) in [5.74, 6) is 0. The molecule has 0 saturated carbocycles. The zero-order chi connectivity index (χ0) is 5.98. The van der Waals surface area contributed by atoms with Gasteiger partial charge in [-0.05, 0) is 26.7 Å². The third-order valence-electron chi connectivity index (χ3n) is 1.48. The number of rotatable bonds is 0. The molecular weight excluding hydrogens is 120 g/mol. The van der Waals surface area contributed by atoms with Gasteiger partial charge in [-0.2, -0.15) is 0 Å². The van der Waals surface area contributed by atoms with Crippen LogP contribution in [-0.2, 0) is 0 Å². The lowest BCUT2D eigenvalue weighted by Crippen LogP contribution is -1.84. The van der Waals surface area contributed by atoms with Crippen LogP contribution in [0.3, 0.4) is 0 Å². The van der Waals surface area contributed by atoms with E-state index in [0.29, 0.717) is 0 Å². The Morgan fingerprint density at radius 1 is 1.20 bits per heavy atom. The van der Waals surface area contributed by atoms with Crippen LogP contribution in [0.1, 0.15) is 41.5 Å². The Bertz CT molecular complexity index is 138. The molecule has 0 saturated heterocycles. The first kappa shape index (κ1) is 12.2. The molecule has 0 bridgehead atoms. The Kier molecular flexibility index (Phi) is 6.43. The highest BCUT2D eigenvalue weighted by Crippen LogP contribution is 2.14. The first-order valence-corrected chi connectivity index (χ1v) is 3.13. The van der Waals surface area contributed by atoms with E-state index in [0.717, 1.165) is 0 Å². The number of allylic oxidation sites excluding steroid dienone is 4. The number of hydrogen-bond acceptors (Lipinski definition) is 0. The maximum absolute atomic E-state index is 2.28. The summed E-state index contributed by atoms with van der Waals surface area (Å²) in [4.78, 5) is 0. The van der Waals surface area contributed by atoms with Crippen molar-refractivity contribution in [1.29, 1.82) is 0 Å². The molecule has 0 amide bonds. The van der Waals surface area contributed by atoms with Crippen LogP contribution in [0, 0.1) is 0 Å². The van der Waals surface area contributed by atoms with Gasteiger partial charge in [0.1, 0.15) is 0 Å². The molecule has 0 aliphatic heterocycles. The van der Waals surface area contributed by atoms with Gasteiger partial charge in [-0.3, -0.25) is 0 Å². The zero-order valence-electron chi connectivity index (χ0n) is 5.57. The third kappa shape index (κ3) is 3.49. The van der Waals surface area contributed by atoms with Crippen LogP contribution in [0.25, 0.3) is 0 Å². The Morgan fingerprint density at radius 2 is 1.80 bits per heavy atom. The average molecular weight is 140 g/mol.